The molecule has 0 aromatic heterocycles. The second kappa shape index (κ2) is 4.92. The molecule has 0 atom stereocenters. The fourth-order valence-electron chi connectivity index (χ4n) is 0.410. The summed E-state index contributed by atoms with van der Waals surface area (Å²) in [7, 11) is 0. The molecule has 11 heavy (non-hydrogen) atoms. The van der Waals surface area contributed by atoms with Crippen molar-refractivity contribution < 1.29 is 21.6 Å². The summed E-state index contributed by atoms with van der Waals surface area (Å²) in [6.45, 7) is -10.9. The first-order chi connectivity index (χ1) is 8.70. The van der Waals surface area contributed by atoms with E-state index in [1.165, 1.54) is 0 Å². The standard InChI is InChI=1S/C7H15IN2O/c1-10(2,3)5-4-9-7(11)6-8/h4-6H2,1-3H3/p+1/i1D3,2D3,3D3. The lowest BCUT2D eigenvalue weighted by Gasteiger charge is -2.23. The number of halogens is 1. The molecule has 0 saturated heterocycles. The zero-order valence-electron chi connectivity index (χ0n) is 14.9. The lowest BCUT2D eigenvalue weighted by atomic mass is 10.5. The van der Waals surface area contributed by atoms with Gasteiger partial charge in [0.1, 0.15) is 0 Å². The molecule has 0 aliphatic carbocycles. The van der Waals surface area contributed by atoms with E-state index in [2.05, 4.69) is 5.32 Å². The monoisotopic (exact) mass is 280 g/mol. The number of alkyl halides is 1. The summed E-state index contributed by atoms with van der Waals surface area (Å²) in [5, 5.41) is 2.29. The van der Waals surface area contributed by atoms with Crippen LogP contribution in [0.25, 0.3) is 0 Å². The van der Waals surface area contributed by atoms with Crippen molar-refractivity contribution in [2.45, 2.75) is 0 Å². The summed E-state index contributed by atoms with van der Waals surface area (Å²) < 4.78 is 64.2. The van der Waals surface area contributed by atoms with Crippen molar-refractivity contribution in [1.29, 1.82) is 0 Å². The van der Waals surface area contributed by atoms with E-state index in [9.17, 15) is 4.79 Å². The van der Waals surface area contributed by atoms with Gasteiger partial charge >= 0.3 is 0 Å². The maximum atomic E-state index is 11.1. The molecule has 0 heterocycles. The maximum absolute atomic E-state index is 11.1. The van der Waals surface area contributed by atoms with Crippen LogP contribution in [-0.2, 0) is 4.79 Å². The number of carbonyl (C=O) groups excluding carboxylic acids is 1. The fraction of sp³-hybridized carbons (Fsp3) is 0.857. The van der Waals surface area contributed by atoms with Gasteiger partial charge in [0.2, 0.25) is 5.91 Å². The zero-order valence-corrected chi connectivity index (χ0v) is 8.01. The second-order valence-corrected chi connectivity index (χ2v) is 2.78. The van der Waals surface area contributed by atoms with E-state index in [-0.39, 0.29) is 11.0 Å². The summed E-state index contributed by atoms with van der Waals surface area (Å²) in [5.74, 6) is -0.426. The molecule has 0 aliphatic rings. The van der Waals surface area contributed by atoms with Gasteiger partial charge in [0.15, 0.2) is 0 Å². The van der Waals surface area contributed by atoms with Gasteiger partial charge in [-0.25, -0.2) is 0 Å². The van der Waals surface area contributed by atoms with Gasteiger partial charge in [-0.05, 0) is 0 Å². The number of likely N-dealkylation sites (N-methyl/N-ethyl adjacent to an activating group) is 1. The summed E-state index contributed by atoms with van der Waals surface area (Å²) >= 11 is 1.77. The average Bonchev–Trinajstić information content (AvgIpc) is 2.17. The molecule has 1 N–H and O–H groups in total. The Morgan fingerprint density at radius 3 is 2.73 bits per heavy atom. The summed E-state index contributed by atoms with van der Waals surface area (Å²) in [6.07, 6.45) is 0. The number of hydrogen-bond acceptors (Lipinski definition) is 1. The number of hydrogen-bond donors (Lipinski definition) is 1. The van der Waals surface area contributed by atoms with Crippen LogP contribution >= 0.6 is 22.6 Å². The highest BCUT2D eigenvalue weighted by atomic mass is 127. The van der Waals surface area contributed by atoms with E-state index in [0.717, 1.165) is 0 Å². The Morgan fingerprint density at radius 2 is 2.27 bits per heavy atom. The van der Waals surface area contributed by atoms with Crippen molar-refractivity contribution in [2.75, 3.05) is 38.4 Å². The van der Waals surface area contributed by atoms with Gasteiger partial charge in [-0.3, -0.25) is 4.79 Å². The van der Waals surface area contributed by atoms with Crippen LogP contribution in [0.4, 0.5) is 0 Å². The molecule has 0 radical (unpaired) electrons. The Hall–Kier alpha value is 0.160. The van der Waals surface area contributed by atoms with Crippen LogP contribution < -0.4 is 5.32 Å². The number of quaternary nitrogens is 1. The second-order valence-electron chi connectivity index (χ2n) is 2.02. The molecular formula is C7H16IN2O+. The van der Waals surface area contributed by atoms with Crippen LogP contribution in [0.1, 0.15) is 12.3 Å². The molecule has 0 fully saturated rings. The van der Waals surface area contributed by atoms with Crippen molar-refractivity contribution in [1.82, 2.24) is 5.32 Å². The minimum atomic E-state index is -3.27. The normalized spacial score (nSPS) is 26.8. The topological polar surface area (TPSA) is 29.1 Å². The molecule has 0 aliphatic heterocycles. The smallest absolute Gasteiger partial charge is 0.230 e. The van der Waals surface area contributed by atoms with Gasteiger partial charge in [0.25, 0.3) is 0 Å². The highest BCUT2D eigenvalue weighted by Gasteiger charge is 2.06. The van der Waals surface area contributed by atoms with Crippen molar-refractivity contribution in [3.63, 3.8) is 0 Å². The van der Waals surface area contributed by atoms with E-state index in [4.69, 9.17) is 12.3 Å². The van der Waals surface area contributed by atoms with Crippen LogP contribution in [0.15, 0.2) is 0 Å². The third-order valence-corrected chi connectivity index (χ3v) is 1.58. The molecule has 0 bridgehead atoms. The van der Waals surface area contributed by atoms with Gasteiger partial charge < -0.3 is 9.80 Å². The highest BCUT2D eigenvalue weighted by molar-refractivity contribution is 14.1. The third kappa shape index (κ3) is 8.06. The Balaban J connectivity index is 5.52. The first-order valence-electron chi connectivity index (χ1n) is 7.42. The third-order valence-electron chi connectivity index (χ3n) is 0.891. The molecule has 0 spiro atoms. The van der Waals surface area contributed by atoms with Gasteiger partial charge in [0.05, 0.1) is 50.8 Å². The minimum Gasteiger partial charge on any atom is -0.350 e. The van der Waals surface area contributed by atoms with Gasteiger partial charge in [-0.1, -0.05) is 22.6 Å². The van der Waals surface area contributed by atoms with Crippen molar-refractivity contribution in [3.8, 4) is 0 Å². The van der Waals surface area contributed by atoms with Crippen LogP contribution in [0.2, 0.25) is 0 Å². The first-order valence-corrected chi connectivity index (χ1v) is 4.44. The van der Waals surface area contributed by atoms with Crippen molar-refractivity contribution in [2.24, 2.45) is 0 Å². The quantitative estimate of drug-likeness (QED) is 0.446. The molecule has 0 aromatic carbocycles. The average molecular weight is 280 g/mol. The van der Waals surface area contributed by atoms with Gasteiger partial charge in [-0.2, -0.15) is 0 Å². The molecule has 66 valence electrons. The van der Waals surface area contributed by atoms with Crippen molar-refractivity contribution >= 4 is 28.5 Å². The lowest BCUT2D eigenvalue weighted by molar-refractivity contribution is -0.869. The van der Waals surface area contributed by atoms with Crippen LogP contribution in [0, 0.1) is 0 Å². The lowest BCUT2D eigenvalue weighted by Crippen LogP contribution is -2.42. The van der Waals surface area contributed by atoms with Crippen LogP contribution in [0.3, 0.4) is 0 Å². The minimum absolute atomic E-state index is 0.104. The SMILES string of the molecule is [2H]C([2H])([2H])[N+](CCNC(=O)CI)(C([2H])([2H])[2H])C([2H])([2H])[2H]. The summed E-state index contributed by atoms with van der Waals surface area (Å²) in [6, 6.07) is 0. The van der Waals surface area contributed by atoms with Crippen LogP contribution in [0.5, 0.6) is 0 Å². The van der Waals surface area contributed by atoms with Gasteiger partial charge in [-0.15, -0.1) is 0 Å². The van der Waals surface area contributed by atoms with Crippen molar-refractivity contribution in [3.05, 3.63) is 0 Å². The van der Waals surface area contributed by atoms with E-state index < -0.39 is 37.9 Å². The summed E-state index contributed by atoms with van der Waals surface area (Å²) in [4.78, 5) is 11.1. The predicted molar refractivity (Wildman–Crippen MR) is 54.8 cm³/mol. The van der Waals surface area contributed by atoms with E-state index in [1.54, 1.807) is 22.6 Å². The fourth-order valence-corrected chi connectivity index (χ4v) is 0.680. The molecule has 3 nitrogen and oxygen atoms in total. The van der Waals surface area contributed by atoms with Crippen LogP contribution in [-0.4, -0.2) is 48.8 Å². The Labute approximate surface area is 94.5 Å². The highest BCUT2D eigenvalue weighted by Crippen LogP contribution is 1.87. The predicted octanol–water partition coefficient (Wildman–Crippen LogP) is 0.244. The molecule has 0 unspecified atom stereocenters. The summed E-state index contributed by atoms with van der Waals surface area (Å²) in [5.41, 5.74) is 0. The number of amides is 1. The number of rotatable bonds is 4. The number of nitrogens with zero attached hydrogens (tertiary/aromatic N) is 1. The Bertz CT molecular complexity index is 312. The molecule has 0 saturated carbocycles. The molecule has 1 amide bonds. The molecule has 4 heteroatoms. The maximum Gasteiger partial charge on any atom is 0.230 e. The van der Waals surface area contributed by atoms with E-state index in [1.807, 2.05) is 0 Å². The molecular weight excluding hydrogens is 255 g/mol. The Morgan fingerprint density at radius 1 is 1.64 bits per heavy atom. The van der Waals surface area contributed by atoms with Gasteiger partial charge in [0, 0.05) is 0 Å². The number of carbonyl (C=O) groups is 1. The molecule has 0 rings (SSSR count). The van der Waals surface area contributed by atoms with E-state index in [0.29, 0.717) is 0 Å². The largest absolute Gasteiger partial charge is 0.350 e. The number of nitrogens with one attached hydrogen (secondary N) is 1. The Kier molecular flexibility index (Phi) is 1.40. The first kappa shape index (κ1) is 3.14. The zero-order chi connectivity index (χ0) is 16.4. The molecule has 0 aromatic rings. The van der Waals surface area contributed by atoms with E-state index >= 15 is 0 Å².